The third kappa shape index (κ3) is 3.57. The molecule has 0 rings (SSSR count). The molecule has 0 aliphatic heterocycles. The maximum Gasteiger partial charge on any atom is 0.375 e. The molecule has 0 heterocycles. The van der Waals surface area contributed by atoms with Crippen molar-refractivity contribution in [3.8, 4) is 0 Å². The predicted molar refractivity (Wildman–Crippen MR) is 50.3 cm³/mol. The van der Waals surface area contributed by atoms with Crippen LogP contribution in [0.4, 0.5) is 0 Å². The Kier molecular flexibility index (Phi) is 4.67. The minimum Gasteiger partial charge on any atom is -0.460 e. The molecule has 13 heavy (non-hydrogen) atoms. The molecule has 0 saturated carbocycles. The number of Topliss-reactive ketones (excluding diaryl/α,β-unsaturated/α-hetero) is 1. The van der Waals surface area contributed by atoms with Gasteiger partial charge in [-0.15, -0.1) is 0 Å². The summed E-state index contributed by atoms with van der Waals surface area (Å²) in [5.41, 5.74) is -0.582. The number of ether oxygens (including phenoxy) is 1. The molecule has 0 spiro atoms. The minimum atomic E-state index is -0.707. The van der Waals surface area contributed by atoms with Gasteiger partial charge < -0.3 is 4.74 Å². The van der Waals surface area contributed by atoms with Crippen LogP contribution in [0.1, 0.15) is 40.5 Å². The summed E-state index contributed by atoms with van der Waals surface area (Å²) < 4.78 is 4.65. The second-order valence-electron chi connectivity index (χ2n) is 3.68. The van der Waals surface area contributed by atoms with E-state index >= 15 is 0 Å². The highest BCUT2D eigenvalue weighted by Crippen LogP contribution is 2.23. The van der Waals surface area contributed by atoms with Crippen molar-refractivity contribution in [2.45, 2.75) is 40.5 Å². The monoisotopic (exact) mass is 186 g/mol. The Morgan fingerprint density at radius 1 is 1.23 bits per heavy atom. The number of hydrogen-bond donors (Lipinski definition) is 0. The van der Waals surface area contributed by atoms with Gasteiger partial charge in [0.1, 0.15) is 0 Å². The van der Waals surface area contributed by atoms with E-state index < -0.39 is 17.2 Å². The predicted octanol–water partition coefficient (Wildman–Crippen LogP) is 1.94. The highest BCUT2D eigenvalue weighted by Gasteiger charge is 2.32. The lowest BCUT2D eigenvalue weighted by Gasteiger charge is -2.20. The van der Waals surface area contributed by atoms with Gasteiger partial charge in [-0.1, -0.05) is 27.2 Å². The van der Waals surface area contributed by atoms with Crippen LogP contribution in [0.2, 0.25) is 0 Å². The largest absolute Gasteiger partial charge is 0.460 e. The molecule has 76 valence electrons. The third-order valence-electron chi connectivity index (χ3n) is 1.95. The molecule has 0 N–H and O–H groups in total. The van der Waals surface area contributed by atoms with Crippen LogP contribution >= 0.6 is 0 Å². The van der Waals surface area contributed by atoms with Crippen LogP contribution in [0.3, 0.4) is 0 Å². The van der Waals surface area contributed by atoms with Gasteiger partial charge >= 0.3 is 5.97 Å². The summed E-state index contributed by atoms with van der Waals surface area (Å²) >= 11 is 0. The summed E-state index contributed by atoms with van der Waals surface area (Å²) in [7, 11) is 0. The molecule has 0 aliphatic rings. The Hall–Kier alpha value is -0.860. The quantitative estimate of drug-likeness (QED) is 0.487. The van der Waals surface area contributed by atoms with Crippen molar-refractivity contribution >= 4 is 11.8 Å². The minimum absolute atomic E-state index is 0.257. The van der Waals surface area contributed by atoms with Crippen LogP contribution in [0.5, 0.6) is 0 Å². The molecule has 0 aromatic carbocycles. The Bertz CT molecular complexity index is 194. The van der Waals surface area contributed by atoms with E-state index in [-0.39, 0.29) is 6.61 Å². The molecule has 0 unspecified atom stereocenters. The average Bonchev–Trinajstić information content (AvgIpc) is 2.03. The van der Waals surface area contributed by atoms with Crippen LogP contribution in [-0.2, 0) is 14.3 Å². The zero-order chi connectivity index (χ0) is 10.5. The van der Waals surface area contributed by atoms with Crippen molar-refractivity contribution < 1.29 is 14.3 Å². The highest BCUT2D eigenvalue weighted by molar-refractivity contribution is 6.35. The standard InChI is InChI=1S/C10H18O3/c1-5-7-10(3,4)8(11)9(12)13-6-2/h5-7H2,1-4H3. The zero-order valence-electron chi connectivity index (χ0n) is 8.85. The van der Waals surface area contributed by atoms with Gasteiger partial charge in [0, 0.05) is 5.41 Å². The van der Waals surface area contributed by atoms with E-state index in [4.69, 9.17) is 0 Å². The summed E-state index contributed by atoms with van der Waals surface area (Å²) in [5, 5.41) is 0. The number of esters is 1. The lowest BCUT2D eigenvalue weighted by molar-refractivity contribution is -0.157. The second-order valence-corrected chi connectivity index (χ2v) is 3.68. The summed E-state index contributed by atoms with van der Waals surface area (Å²) in [6.45, 7) is 7.48. The number of rotatable bonds is 5. The van der Waals surface area contributed by atoms with Crippen molar-refractivity contribution in [1.82, 2.24) is 0 Å². The van der Waals surface area contributed by atoms with E-state index in [0.29, 0.717) is 6.42 Å². The van der Waals surface area contributed by atoms with Gasteiger partial charge in [0.25, 0.3) is 0 Å². The summed E-state index contributed by atoms with van der Waals surface area (Å²) in [5.74, 6) is -1.13. The van der Waals surface area contributed by atoms with Gasteiger partial charge in [-0.05, 0) is 13.3 Å². The van der Waals surface area contributed by atoms with Gasteiger partial charge in [-0.25, -0.2) is 4.79 Å². The van der Waals surface area contributed by atoms with Crippen LogP contribution < -0.4 is 0 Å². The van der Waals surface area contributed by atoms with Crippen LogP contribution in [0.25, 0.3) is 0 Å². The molecule has 0 aromatic heterocycles. The summed E-state index contributed by atoms with van der Waals surface area (Å²) in [4.78, 5) is 22.6. The molecule has 0 bridgehead atoms. The zero-order valence-corrected chi connectivity index (χ0v) is 8.85. The normalized spacial score (nSPS) is 11.1. The molecule has 0 amide bonds. The molecule has 0 aliphatic carbocycles. The Morgan fingerprint density at radius 3 is 2.15 bits per heavy atom. The molecule has 0 atom stereocenters. The van der Waals surface area contributed by atoms with Crippen molar-refractivity contribution in [3.63, 3.8) is 0 Å². The highest BCUT2D eigenvalue weighted by atomic mass is 16.5. The Morgan fingerprint density at radius 2 is 1.77 bits per heavy atom. The maximum atomic E-state index is 11.5. The van der Waals surface area contributed by atoms with Gasteiger partial charge in [-0.3, -0.25) is 4.79 Å². The smallest absolute Gasteiger partial charge is 0.375 e. The molecule has 0 aromatic rings. The Labute approximate surface area is 79.5 Å². The molecular formula is C10H18O3. The van der Waals surface area contributed by atoms with Crippen LogP contribution in [-0.4, -0.2) is 18.4 Å². The molecular weight excluding hydrogens is 168 g/mol. The topological polar surface area (TPSA) is 43.4 Å². The SMILES string of the molecule is CCCC(C)(C)C(=O)C(=O)OCC. The van der Waals surface area contributed by atoms with Crippen molar-refractivity contribution in [1.29, 1.82) is 0 Å². The van der Waals surface area contributed by atoms with E-state index in [1.165, 1.54) is 0 Å². The number of ketones is 1. The van der Waals surface area contributed by atoms with Crippen molar-refractivity contribution in [2.24, 2.45) is 5.41 Å². The first-order valence-electron chi connectivity index (χ1n) is 4.67. The van der Waals surface area contributed by atoms with Gasteiger partial charge in [0.15, 0.2) is 0 Å². The van der Waals surface area contributed by atoms with Crippen LogP contribution in [0, 0.1) is 5.41 Å². The van der Waals surface area contributed by atoms with E-state index in [1.807, 2.05) is 6.92 Å². The molecule has 0 fully saturated rings. The first-order valence-corrected chi connectivity index (χ1v) is 4.67. The van der Waals surface area contributed by atoms with E-state index in [2.05, 4.69) is 4.74 Å². The number of hydrogen-bond acceptors (Lipinski definition) is 3. The molecule has 3 nitrogen and oxygen atoms in total. The van der Waals surface area contributed by atoms with Gasteiger partial charge in [-0.2, -0.15) is 0 Å². The Balaban J connectivity index is 4.31. The van der Waals surface area contributed by atoms with Crippen molar-refractivity contribution in [3.05, 3.63) is 0 Å². The maximum absolute atomic E-state index is 11.5. The second kappa shape index (κ2) is 5.00. The summed E-state index contributed by atoms with van der Waals surface area (Å²) in [6, 6.07) is 0. The first-order chi connectivity index (χ1) is 5.95. The van der Waals surface area contributed by atoms with Gasteiger partial charge in [0.05, 0.1) is 6.61 Å². The number of carbonyl (C=O) groups is 2. The lowest BCUT2D eigenvalue weighted by Crippen LogP contribution is -2.32. The molecule has 0 radical (unpaired) electrons. The van der Waals surface area contributed by atoms with E-state index in [9.17, 15) is 9.59 Å². The van der Waals surface area contributed by atoms with Crippen LogP contribution in [0.15, 0.2) is 0 Å². The third-order valence-corrected chi connectivity index (χ3v) is 1.95. The average molecular weight is 186 g/mol. The van der Waals surface area contributed by atoms with Crippen molar-refractivity contribution in [2.75, 3.05) is 6.61 Å². The lowest BCUT2D eigenvalue weighted by atomic mass is 9.83. The van der Waals surface area contributed by atoms with E-state index in [1.54, 1.807) is 20.8 Å². The number of carbonyl (C=O) groups excluding carboxylic acids is 2. The van der Waals surface area contributed by atoms with E-state index in [0.717, 1.165) is 6.42 Å². The fourth-order valence-corrected chi connectivity index (χ4v) is 1.21. The first kappa shape index (κ1) is 12.1. The fraction of sp³-hybridized carbons (Fsp3) is 0.800. The summed E-state index contributed by atoms with van der Waals surface area (Å²) in [6.07, 6.45) is 1.60. The van der Waals surface area contributed by atoms with Gasteiger partial charge in [0.2, 0.25) is 5.78 Å². The fourth-order valence-electron chi connectivity index (χ4n) is 1.21. The molecule has 0 saturated heterocycles. The molecule has 3 heteroatoms.